The lowest BCUT2D eigenvalue weighted by atomic mass is 9.56. The van der Waals surface area contributed by atoms with E-state index in [0.29, 0.717) is 12.0 Å². The Bertz CT molecular complexity index is 1300. The lowest BCUT2D eigenvalue weighted by Gasteiger charge is -2.50. The van der Waals surface area contributed by atoms with Crippen LogP contribution >= 0.6 is 23.2 Å². The summed E-state index contributed by atoms with van der Waals surface area (Å²) >= 11 is 13.9. The van der Waals surface area contributed by atoms with Crippen molar-refractivity contribution in [3.05, 3.63) is 35.4 Å². The van der Waals surface area contributed by atoms with E-state index in [1.54, 1.807) is 6.08 Å². The van der Waals surface area contributed by atoms with Crippen molar-refractivity contribution in [2.24, 2.45) is 17.8 Å². The minimum Gasteiger partial charge on any atom is -0.508 e. The minimum atomic E-state index is -5.05. The molecule has 0 aromatic heterocycles. The van der Waals surface area contributed by atoms with Gasteiger partial charge in [-0.15, -0.1) is 36.4 Å². The molecule has 1 N–H and O–H groups in total. The first-order chi connectivity index (χ1) is 17.7. The van der Waals surface area contributed by atoms with E-state index in [9.17, 15) is 37.5 Å². The van der Waals surface area contributed by atoms with Crippen LogP contribution in [0.15, 0.2) is 29.8 Å². The van der Waals surface area contributed by atoms with Crippen LogP contribution in [-0.4, -0.2) is 68.2 Å². The van der Waals surface area contributed by atoms with Gasteiger partial charge < -0.3 is 9.84 Å². The van der Waals surface area contributed by atoms with Gasteiger partial charge in [-0.2, -0.15) is 0 Å². The number of phenols is 1. The van der Waals surface area contributed by atoms with Gasteiger partial charge in [-0.05, 0) is 43.4 Å². The molecule has 1 aromatic rings. The third kappa shape index (κ3) is 3.50. The number of carbonyl (C=O) groups excluding carboxylic acids is 4. The van der Waals surface area contributed by atoms with E-state index in [1.165, 1.54) is 11.9 Å². The highest BCUT2D eigenvalue weighted by molar-refractivity contribution is 6.53. The Balaban J connectivity index is 1.72. The van der Waals surface area contributed by atoms with E-state index in [1.807, 2.05) is 6.92 Å². The molecular weight excluding hydrogens is 552 g/mol. The number of halogens is 5. The number of benzene rings is 1. The summed E-state index contributed by atoms with van der Waals surface area (Å²) in [6, 6.07) is 2.74. The Hall–Kier alpha value is -2.79. The summed E-state index contributed by atoms with van der Waals surface area (Å²) in [6.45, 7) is 2.02. The number of carbonyl (C=O) groups is 4. The predicted molar refractivity (Wildman–Crippen MR) is 127 cm³/mol. The second kappa shape index (κ2) is 8.61. The number of alkyl halides is 5. The molecule has 5 rings (SSSR count). The van der Waals surface area contributed by atoms with Crippen LogP contribution in [0.1, 0.15) is 37.7 Å². The van der Waals surface area contributed by atoms with Crippen LogP contribution < -0.4 is 4.74 Å². The van der Waals surface area contributed by atoms with E-state index in [0.717, 1.165) is 23.1 Å². The largest absolute Gasteiger partial charge is 0.573 e. The molecule has 4 aliphatic rings. The normalized spacial score (nSPS) is 34.8. The smallest absolute Gasteiger partial charge is 0.508 e. The van der Waals surface area contributed by atoms with Crippen molar-refractivity contribution < 1.29 is 42.2 Å². The van der Waals surface area contributed by atoms with E-state index in [2.05, 4.69) is 4.74 Å². The fraction of sp³-hybridized carbons (Fsp3) is 0.520. The van der Waals surface area contributed by atoms with Crippen LogP contribution in [-0.2, 0) is 19.2 Å². The molecule has 204 valence electrons. The highest BCUT2D eigenvalue weighted by Gasteiger charge is 2.76. The first-order valence-electron chi connectivity index (χ1n) is 12.0. The minimum absolute atomic E-state index is 0.109. The van der Waals surface area contributed by atoms with Crippen LogP contribution in [0.4, 0.5) is 13.2 Å². The summed E-state index contributed by atoms with van der Waals surface area (Å²) in [4.78, 5) is 50.9. The van der Waals surface area contributed by atoms with Crippen LogP contribution in [0.25, 0.3) is 0 Å². The van der Waals surface area contributed by atoms with Gasteiger partial charge in [-0.1, -0.05) is 18.6 Å². The van der Waals surface area contributed by atoms with Gasteiger partial charge in [0.05, 0.1) is 11.8 Å². The van der Waals surface area contributed by atoms with E-state index < -0.39 is 69.0 Å². The van der Waals surface area contributed by atoms with Crippen molar-refractivity contribution in [2.75, 3.05) is 13.6 Å². The molecule has 2 saturated heterocycles. The van der Waals surface area contributed by atoms with Crippen molar-refractivity contribution in [1.82, 2.24) is 9.80 Å². The van der Waals surface area contributed by atoms with Gasteiger partial charge in [0.1, 0.15) is 11.5 Å². The summed E-state index contributed by atoms with van der Waals surface area (Å²) in [5.41, 5.74) is 0.132. The number of rotatable bonds is 4. The quantitative estimate of drug-likeness (QED) is 0.334. The molecule has 1 aromatic carbocycles. The number of hydrogen-bond acceptors (Lipinski definition) is 6. The van der Waals surface area contributed by atoms with Gasteiger partial charge in [0.15, 0.2) is 9.75 Å². The molecule has 6 unspecified atom stereocenters. The molecule has 0 spiro atoms. The van der Waals surface area contributed by atoms with Crippen molar-refractivity contribution in [1.29, 1.82) is 0 Å². The van der Waals surface area contributed by atoms with Gasteiger partial charge in [0.25, 0.3) is 11.8 Å². The third-order valence-corrected chi connectivity index (χ3v) is 9.51. The second-order valence-corrected chi connectivity index (χ2v) is 11.3. The third-order valence-electron chi connectivity index (χ3n) is 8.10. The maximum Gasteiger partial charge on any atom is 0.573 e. The zero-order valence-corrected chi connectivity index (χ0v) is 21.7. The number of phenolic OH excluding ortho intramolecular Hbond substituents is 1. The number of aromatic hydroxyl groups is 1. The molecule has 0 bridgehead atoms. The van der Waals surface area contributed by atoms with Crippen LogP contribution in [0.2, 0.25) is 0 Å². The van der Waals surface area contributed by atoms with E-state index >= 15 is 0 Å². The molecule has 0 radical (unpaired) electrons. The lowest BCUT2D eigenvalue weighted by molar-refractivity contribution is -0.274. The molecule has 3 fully saturated rings. The average Bonchev–Trinajstić information content (AvgIpc) is 3.15. The molecule has 2 aliphatic carbocycles. The highest BCUT2D eigenvalue weighted by Crippen LogP contribution is 2.66. The average molecular weight is 575 g/mol. The molecule has 2 aliphatic heterocycles. The first kappa shape index (κ1) is 26.8. The van der Waals surface area contributed by atoms with Crippen LogP contribution in [0, 0.1) is 17.8 Å². The summed E-state index contributed by atoms with van der Waals surface area (Å²) < 4.78 is 43.0. The Labute approximate surface area is 225 Å². The monoisotopic (exact) mass is 574 g/mol. The predicted octanol–water partition coefficient (Wildman–Crippen LogP) is 3.69. The van der Waals surface area contributed by atoms with Crippen LogP contribution in [0.3, 0.4) is 0 Å². The number of ether oxygens (including phenoxy) is 1. The number of allylic oxidation sites excluding steroid dienone is 2. The Morgan fingerprint density at radius 3 is 2.42 bits per heavy atom. The Kier molecular flexibility index (Phi) is 6.07. The fourth-order valence-corrected chi connectivity index (χ4v) is 7.57. The van der Waals surface area contributed by atoms with E-state index in [-0.39, 0.29) is 30.9 Å². The van der Waals surface area contributed by atoms with Crippen molar-refractivity contribution in [3.63, 3.8) is 0 Å². The molecular formula is C25H23Cl2F3N2O6. The van der Waals surface area contributed by atoms with Crippen LogP contribution in [0.5, 0.6) is 11.5 Å². The topological polar surface area (TPSA) is 104 Å². The first-order valence-corrected chi connectivity index (χ1v) is 12.8. The van der Waals surface area contributed by atoms with Crippen molar-refractivity contribution >= 4 is 46.8 Å². The molecule has 4 amide bonds. The Morgan fingerprint density at radius 2 is 1.79 bits per heavy atom. The number of likely N-dealkylation sites (tertiary alicyclic amines) is 2. The number of nitrogens with zero attached hydrogens (tertiary/aromatic N) is 2. The number of amides is 4. The molecule has 38 heavy (non-hydrogen) atoms. The van der Waals surface area contributed by atoms with Gasteiger partial charge in [-0.25, -0.2) is 0 Å². The number of imide groups is 2. The maximum absolute atomic E-state index is 13.5. The molecule has 6 atom stereocenters. The summed E-state index contributed by atoms with van der Waals surface area (Å²) in [7, 11) is 1.19. The summed E-state index contributed by atoms with van der Waals surface area (Å²) in [5.74, 6) is -7.58. The highest BCUT2D eigenvalue weighted by atomic mass is 35.5. The Morgan fingerprint density at radius 1 is 1.11 bits per heavy atom. The van der Waals surface area contributed by atoms with Crippen molar-refractivity contribution in [3.8, 4) is 11.5 Å². The standard InChI is InChI=1S/C25H23Cl2F3N2O6/c1-3-8-32-19(34)13-6-5-12-15(17(13)20(32)35)10-23(26)21(36)31(2)22(37)24(23,27)18(12)14-9-11(4-7-16(14)33)38-25(28,29)30/h4-5,7,9,13,15,17-18,33H,3,6,8,10H2,1-2H3. The second-order valence-electron chi connectivity index (χ2n) is 10.1. The van der Waals surface area contributed by atoms with Gasteiger partial charge >= 0.3 is 6.36 Å². The number of fused-ring (bicyclic) bond motifs is 4. The van der Waals surface area contributed by atoms with Gasteiger partial charge in [0.2, 0.25) is 11.8 Å². The SMILES string of the molecule is CCCN1C(=O)C2CC=C3C(CC4(Cl)C(=O)N(C)C(=O)C4(Cl)C3c3cc(OC(F)(F)F)ccc3O)C2C1=O. The molecule has 8 nitrogen and oxygen atoms in total. The van der Waals surface area contributed by atoms with Crippen molar-refractivity contribution in [2.45, 2.75) is 48.2 Å². The number of hydrogen-bond donors (Lipinski definition) is 1. The molecule has 2 heterocycles. The zero-order valence-electron chi connectivity index (χ0n) is 20.2. The lowest BCUT2D eigenvalue weighted by Crippen LogP contribution is -2.60. The fourth-order valence-electron chi connectivity index (χ4n) is 6.56. The zero-order chi connectivity index (χ0) is 27.9. The molecule has 1 saturated carbocycles. The van der Waals surface area contributed by atoms with E-state index in [4.69, 9.17) is 23.2 Å². The summed E-state index contributed by atoms with van der Waals surface area (Å²) in [5, 5.41) is 10.8. The summed E-state index contributed by atoms with van der Waals surface area (Å²) in [6.07, 6.45) is -3.03. The van der Waals surface area contributed by atoms with Gasteiger partial charge in [0, 0.05) is 25.1 Å². The van der Waals surface area contributed by atoms with Gasteiger partial charge in [-0.3, -0.25) is 29.0 Å². The molecule has 13 heteroatoms. The maximum atomic E-state index is 13.5.